The zero-order valence-electron chi connectivity index (χ0n) is 20.8. The minimum absolute atomic E-state index is 0.0191. The highest BCUT2D eigenvalue weighted by atomic mass is 35.5. The fourth-order valence-electron chi connectivity index (χ4n) is 3.15. The third kappa shape index (κ3) is 8.91. The molecule has 0 spiro atoms. The van der Waals surface area contributed by atoms with Crippen molar-refractivity contribution in [3.63, 3.8) is 0 Å². The second-order valence-corrected chi connectivity index (χ2v) is 9.59. The number of aromatic nitrogens is 2. The summed E-state index contributed by atoms with van der Waals surface area (Å²) in [4.78, 5) is 12.2. The number of nitrogens with zero attached hydrogens (tertiary/aromatic N) is 3. The molecule has 0 atom stereocenters. The maximum Gasteiger partial charge on any atom is 0.277 e. The van der Waals surface area contributed by atoms with Gasteiger partial charge < -0.3 is 18.6 Å². The van der Waals surface area contributed by atoms with Crippen molar-refractivity contribution in [3.8, 4) is 17.2 Å². The number of carbonyl (C=O) groups excluding carboxylic acids is 1. The summed E-state index contributed by atoms with van der Waals surface area (Å²) in [7, 11) is 0. The van der Waals surface area contributed by atoms with E-state index in [1.807, 2.05) is 49.4 Å². The third-order valence-electron chi connectivity index (χ3n) is 4.93. The molecule has 1 heterocycles. The van der Waals surface area contributed by atoms with Crippen molar-refractivity contribution in [1.82, 2.24) is 15.6 Å². The Hall–Kier alpha value is -3.73. The Balaban J connectivity index is 1.23. The molecule has 1 N–H and O–H groups in total. The highest BCUT2D eigenvalue weighted by Crippen LogP contribution is 2.29. The first-order valence-electron chi connectivity index (χ1n) is 11.8. The number of hydrazone groups is 1. The molecule has 0 fully saturated rings. The van der Waals surface area contributed by atoms with E-state index >= 15 is 0 Å². The number of thioether (sulfide) groups is 1. The quantitative estimate of drug-likeness (QED) is 0.112. The first-order chi connectivity index (χ1) is 19.0. The lowest BCUT2D eigenvalue weighted by Crippen LogP contribution is -2.19. The summed E-state index contributed by atoms with van der Waals surface area (Å²) < 4.78 is 22.7. The van der Waals surface area contributed by atoms with E-state index in [1.54, 1.807) is 24.3 Å². The number of carbonyl (C=O) groups is 1. The molecule has 0 bridgehead atoms. The molecule has 0 radical (unpaired) electrons. The van der Waals surface area contributed by atoms with Gasteiger partial charge in [-0.3, -0.25) is 4.79 Å². The molecular weight excluding hydrogens is 563 g/mol. The number of rotatable bonds is 13. The fraction of sp³-hybridized carbons (Fsp3) is 0.185. The number of ether oxygens (including phenoxy) is 3. The van der Waals surface area contributed by atoms with Crippen LogP contribution in [0.4, 0.5) is 0 Å². The van der Waals surface area contributed by atoms with Crippen LogP contribution in [0.5, 0.6) is 17.2 Å². The Bertz CT molecular complexity index is 1420. The second-order valence-electron chi connectivity index (χ2n) is 7.82. The zero-order valence-corrected chi connectivity index (χ0v) is 23.1. The topological polar surface area (TPSA) is 108 Å². The van der Waals surface area contributed by atoms with Crippen LogP contribution in [0.3, 0.4) is 0 Å². The Morgan fingerprint density at radius 2 is 1.77 bits per heavy atom. The predicted molar refractivity (Wildman–Crippen MR) is 150 cm³/mol. The molecule has 4 aromatic rings. The summed E-state index contributed by atoms with van der Waals surface area (Å²) >= 11 is 13.0. The van der Waals surface area contributed by atoms with E-state index in [1.165, 1.54) is 6.21 Å². The molecule has 0 aliphatic rings. The minimum atomic E-state index is -0.340. The van der Waals surface area contributed by atoms with Crippen LogP contribution in [0.2, 0.25) is 10.0 Å². The van der Waals surface area contributed by atoms with E-state index in [-0.39, 0.29) is 29.4 Å². The fourth-order valence-corrected chi connectivity index (χ4v) is 4.19. The molecule has 1 aromatic heterocycles. The molecule has 0 aliphatic carbocycles. The number of benzene rings is 3. The van der Waals surface area contributed by atoms with Gasteiger partial charge >= 0.3 is 0 Å². The van der Waals surface area contributed by atoms with Gasteiger partial charge in [0.2, 0.25) is 0 Å². The van der Waals surface area contributed by atoms with Crippen LogP contribution < -0.4 is 19.6 Å². The minimum Gasteiger partial charge on any atom is -0.490 e. The zero-order chi connectivity index (χ0) is 27.5. The van der Waals surface area contributed by atoms with Crippen LogP contribution in [0.25, 0.3) is 0 Å². The molecular formula is C27H24Cl2N4O5S. The maximum atomic E-state index is 12.2. The summed E-state index contributed by atoms with van der Waals surface area (Å²) in [5.41, 5.74) is 4.27. The summed E-state index contributed by atoms with van der Waals surface area (Å²) in [5.74, 6) is 1.58. The summed E-state index contributed by atoms with van der Waals surface area (Å²) in [5, 5.41) is 12.9. The standard InChI is InChI=1S/C27H24Cl2N4O5S/c1-2-35-24-12-19(8-10-23(24)36-15-18-6-4-3-5-7-18)14-30-31-25(34)17-39-27-33-32-26(38-27)16-37-22-11-9-20(28)13-21(22)29/h3-14H,2,15-17H2,1H3,(H,31,34)/b30-14-. The van der Waals surface area contributed by atoms with Crippen molar-refractivity contribution < 1.29 is 23.4 Å². The largest absolute Gasteiger partial charge is 0.490 e. The van der Waals surface area contributed by atoms with Gasteiger partial charge in [-0.1, -0.05) is 65.3 Å². The average molecular weight is 587 g/mol. The lowest BCUT2D eigenvalue weighted by molar-refractivity contribution is -0.118. The molecule has 0 saturated heterocycles. The van der Waals surface area contributed by atoms with Gasteiger partial charge in [-0.15, -0.1) is 10.2 Å². The third-order valence-corrected chi connectivity index (χ3v) is 6.28. The van der Waals surface area contributed by atoms with Crippen molar-refractivity contribution in [2.45, 2.75) is 25.4 Å². The molecule has 12 heteroatoms. The Morgan fingerprint density at radius 3 is 2.56 bits per heavy atom. The van der Waals surface area contributed by atoms with Crippen molar-refractivity contribution >= 4 is 47.1 Å². The predicted octanol–water partition coefficient (Wildman–Crippen LogP) is 6.18. The summed E-state index contributed by atoms with van der Waals surface area (Å²) in [6, 6.07) is 20.2. The van der Waals surface area contributed by atoms with Crippen LogP contribution in [0, 0.1) is 0 Å². The van der Waals surface area contributed by atoms with Gasteiger partial charge in [0.1, 0.15) is 12.4 Å². The van der Waals surface area contributed by atoms with E-state index in [0.717, 1.165) is 22.9 Å². The van der Waals surface area contributed by atoms with E-state index in [9.17, 15) is 4.79 Å². The van der Waals surface area contributed by atoms with Gasteiger partial charge in [-0.05, 0) is 54.4 Å². The van der Waals surface area contributed by atoms with Crippen LogP contribution in [-0.2, 0) is 18.0 Å². The van der Waals surface area contributed by atoms with Gasteiger partial charge in [0.05, 0.1) is 23.6 Å². The van der Waals surface area contributed by atoms with Crippen LogP contribution in [0.1, 0.15) is 23.9 Å². The van der Waals surface area contributed by atoms with Gasteiger partial charge in [0.15, 0.2) is 18.1 Å². The van der Waals surface area contributed by atoms with Crippen molar-refractivity contribution in [2.24, 2.45) is 5.10 Å². The summed E-state index contributed by atoms with van der Waals surface area (Å²) in [6.45, 7) is 2.82. The van der Waals surface area contributed by atoms with Crippen LogP contribution in [-0.4, -0.2) is 34.7 Å². The maximum absolute atomic E-state index is 12.2. The van der Waals surface area contributed by atoms with Gasteiger partial charge in [-0.25, -0.2) is 5.43 Å². The Kier molecular flexibility index (Phi) is 10.5. The molecule has 9 nitrogen and oxygen atoms in total. The first kappa shape index (κ1) is 28.3. The Morgan fingerprint density at radius 1 is 0.974 bits per heavy atom. The van der Waals surface area contributed by atoms with Gasteiger partial charge in [0, 0.05) is 5.02 Å². The summed E-state index contributed by atoms with van der Waals surface area (Å²) in [6.07, 6.45) is 1.52. The van der Waals surface area contributed by atoms with Crippen molar-refractivity contribution in [3.05, 3.63) is 93.8 Å². The number of hydrogen-bond donors (Lipinski definition) is 1. The Labute approximate surface area is 239 Å². The number of halogens is 2. The van der Waals surface area contributed by atoms with Crippen LogP contribution in [0.15, 0.2) is 81.5 Å². The molecule has 39 heavy (non-hydrogen) atoms. The first-order valence-corrected chi connectivity index (χ1v) is 13.5. The smallest absolute Gasteiger partial charge is 0.277 e. The van der Waals surface area contributed by atoms with Crippen LogP contribution >= 0.6 is 35.0 Å². The van der Waals surface area contributed by atoms with Gasteiger partial charge in [-0.2, -0.15) is 5.10 Å². The highest BCUT2D eigenvalue weighted by Gasteiger charge is 2.12. The number of hydrogen-bond acceptors (Lipinski definition) is 9. The second kappa shape index (κ2) is 14.4. The SMILES string of the molecule is CCOc1cc(/C=N\NC(=O)CSc2nnc(COc3ccc(Cl)cc3Cl)o2)ccc1OCc1ccccc1. The molecule has 3 aromatic carbocycles. The van der Waals surface area contributed by atoms with E-state index < -0.39 is 0 Å². The average Bonchev–Trinajstić information content (AvgIpc) is 3.39. The highest BCUT2D eigenvalue weighted by molar-refractivity contribution is 7.99. The lowest BCUT2D eigenvalue weighted by Gasteiger charge is -2.12. The van der Waals surface area contributed by atoms with E-state index in [4.69, 9.17) is 41.8 Å². The molecule has 1 amide bonds. The number of nitrogens with one attached hydrogen (secondary N) is 1. The molecule has 0 saturated carbocycles. The lowest BCUT2D eigenvalue weighted by atomic mass is 10.2. The molecule has 0 unspecified atom stereocenters. The van der Waals surface area contributed by atoms with E-state index in [0.29, 0.717) is 40.5 Å². The van der Waals surface area contributed by atoms with Gasteiger partial charge in [0.25, 0.3) is 17.0 Å². The van der Waals surface area contributed by atoms with E-state index in [2.05, 4.69) is 20.7 Å². The molecule has 4 rings (SSSR count). The molecule has 202 valence electrons. The van der Waals surface area contributed by atoms with Crippen molar-refractivity contribution in [2.75, 3.05) is 12.4 Å². The number of amides is 1. The normalized spacial score (nSPS) is 10.9. The monoisotopic (exact) mass is 586 g/mol. The molecule has 0 aliphatic heterocycles. The van der Waals surface area contributed by atoms with Crippen molar-refractivity contribution in [1.29, 1.82) is 0 Å².